The van der Waals surface area contributed by atoms with E-state index in [9.17, 15) is 9.59 Å². The molecule has 0 heterocycles. The van der Waals surface area contributed by atoms with Gasteiger partial charge >= 0.3 is 0 Å². The van der Waals surface area contributed by atoms with Gasteiger partial charge in [-0.25, -0.2) is 0 Å². The number of carbonyl (C=O) groups excluding carboxylic acids is 2. The van der Waals surface area contributed by atoms with Crippen LogP contribution in [0.5, 0.6) is 0 Å². The minimum absolute atomic E-state index is 0.105. The van der Waals surface area contributed by atoms with Crippen LogP contribution in [-0.4, -0.2) is 23.3 Å². The number of imide groups is 1. The lowest BCUT2D eigenvalue weighted by atomic mass is 10.1. The summed E-state index contributed by atoms with van der Waals surface area (Å²) in [6.07, 6.45) is 2.82. The molecule has 0 atom stereocenters. The average Bonchev–Trinajstić information content (AvgIpc) is 2.09. The third-order valence-corrected chi connectivity index (χ3v) is 1.93. The summed E-state index contributed by atoms with van der Waals surface area (Å²) in [5.74, 6) is 0.168. The molecule has 0 aromatic heterocycles. The minimum Gasteiger partial charge on any atom is -0.279 e. The van der Waals surface area contributed by atoms with Gasteiger partial charge in [0.15, 0.2) is 0 Å². The number of rotatable bonds is 5. The fourth-order valence-corrected chi connectivity index (χ4v) is 1.08. The molecule has 0 fully saturated rings. The van der Waals surface area contributed by atoms with Crippen molar-refractivity contribution in [2.45, 2.75) is 33.6 Å². The third kappa shape index (κ3) is 4.80. The summed E-state index contributed by atoms with van der Waals surface area (Å²) in [6.45, 7) is 9.33. The van der Waals surface area contributed by atoms with E-state index in [1.54, 1.807) is 6.08 Å². The molecule has 0 N–H and O–H groups in total. The first kappa shape index (κ1) is 12.9. The van der Waals surface area contributed by atoms with E-state index in [1.165, 1.54) is 11.8 Å². The van der Waals surface area contributed by atoms with Crippen LogP contribution >= 0.6 is 0 Å². The van der Waals surface area contributed by atoms with Crippen LogP contribution in [0.3, 0.4) is 0 Å². The van der Waals surface area contributed by atoms with Crippen molar-refractivity contribution in [3.63, 3.8) is 0 Å². The molecule has 0 spiro atoms. The molecule has 80 valence electrons. The Balaban J connectivity index is 4.15. The second kappa shape index (κ2) is 6.35. The van der Waals surface area contributed by atoms with Gasteiger partial charge in [0.05, 0.1) is 0 Å². The quantitative estimate of drug-likeness (QED) is 0.632. The predicted octanol–water partition coefficient (Wildman–Crippen LogP) is 1.98. The topological polar surface area (TPSA) is 37.4 Å². The van der Waals surface area contributed by atoms with Crippen LogP contribution in [-0.2, 0) is 9.59 Å². The Kier molecular flexibility index (Phi) is 5.84. The maximum Gasteiger partial charge on any atom is 0.229 e. The summed E-state index contributed by atoms with van der Waals surface area (Å²) in [5, 5.41) is 0. The second-order valence-corrected chi connectivity index (χ2v) is 3.74. The van der Waals surface area contributed by atoms with Gasteiger partial charge in [-0.2, -0.15) is 0 Å². The SMILES string of the molecule is C=CCN(C(C)=O)C(=O)CCC(C)C. The first-order valence-corrected chi connectivity index (χ1v) is 4.90. The molecule has 0 unspecified atom stereocenters. The van der Waals surface area contributed by atoms with Crippen molar-refractivity contribution >= 4 is 11.8 Å². The minimum atomic E-state index is -0.210. The van der Waals surface area contributed by atoms with Crippen LogP contribution in [0.2, 0.25) is 0 Å². The summed E-state index contributed by atoms with van der Waals surface area (Å²) in [4.78, 5) is 23.8. The van der Waals surface area contributed by atoms with Crippen molar-refractivity contribution in [2.24, 2.45) is 5.92 Å². The summed E-state index contributed by atoms with van der Waals surface area (Å²) in [6, 6.07) is 0. The van der Waals surface area contributed by atoms with Gasteiger partial charge in [-0.1, -0.05) is 19.9 Å². The summed E-state index contributed by atoms with van der Waals surface area (Å²) in [5.41, 5.74) is 0. The van der Waals surface area contributed by atoms with E-state index in [0.29, 0.717) is 18.9 Å². The van der Waals surface area contributed by atoms with Gasteiger partial charge in [-0.3, -0.25) is 14.5 Å². The number of nitrogens with zero attached hydrogens (tertiary/aromatic N) is 1. The van der Waals surface area contributed by atoms with Gasteiger partial charge in [0.2, 0.25) is 11.8 Å². The van der Waals surface area contributed by atoms with Crippen molar-refractivity contribution in [1.82, 2.24) is 4.90 Å². The molecule has 0 saturated heterocycles. The zero-order valence-electron chi connectivity index (χ0n) is 9.25. The van der Waals surface area contributed by atoms with Gasteiger partial charge in [-0.05, 0) is 12.3 Å². The zero-order chi connectivity index (χ0) is 11.1. The van der Waals surface area contributed by atoms with Gasteiger partial charge in [0.1, 0.15) is 0 Å². The van der Waals surface area contributed by atoms with E-state index in [2.05, 4.69) is 20.4 Å². The van der Waals surface area contributed by atoms with E-state index in [0.717, 1.165) is 6.42 Å². The van der Waals surface area contributed by atoms with E-state index in [4.69, 9.17) is 0 Å². The third-order valence-electron chi connectivity index (χ3n) is 1.93. The molecule has 3 heteroatoms. The fourth-order valence-electron chi connectivity index (χ4n) is 1.08. The smallest absolute Gasteiger partial charge is 0.229 e. The highest BCUT2D eigenvalue weighted by molar-refractivity contribution is 5.94. The maximum absolute atomic E-state index is 11.5. The first-order valence-electron chi connectivity index (χ1n) is 4.90. The molecule has 0 aromatic rings. The molecule has 0 bridgehead atoms. The molecule has 0 aromatic carbocycles. The molecule has 14 heavy (non-hydrogen) atoms. The van der Waals surface area contributed by atoms with Gasteiger partial charge in [-0.15, -0.1) is 6.58 Å². The first-order chi connectivity index (χ1) is 6.49. The molecule has 0 saturated carbocycles. The Bertz CT molecular complexity index is 221. The molecule has 0 aliphatic heterocycles. The highest BCUT2D eigenvalue weighted by Crippen LogP contribution is 2.06. The van der Waals surface area contributed by atoms with Gasteiger partial charge in [0.25, 0.3) is 0 Å². The average molecular weight is 197 g/mol. The Morgan fingerprint density at radius 1 is 1.43 bits per heavy atom. The van der Waals surface area contributed by atoms with Crippen molar-refractivity contribution < 1.29 is 9.59 Å². The predicted molar refractivity (Wildman–Crippen MR) is 56.7 cm³/mol. The highest BCUT2D eigenvalue weighted by atomic mass is 16.2. The fraction of sp³-hybridized carbons (Fsp3) is 0.636. The summed E-state index contributed by atoms with van der Waals surface area (Å²) < 4.78 is 0. The monoisotopic (exact) mass is 197 g/mol. The second-order valence-electron chi connectivity index (χ2n) is 3.74. The van der Waals surface area contributed by atoms with E-state index >= 15 is 0 Å². The Morgan fingerprint density at radius 2 is 2.00 bits per heavy atom. The summed E-state index contributed by atoms with van der Waals surface area (Å²) >= 11 is 0. The molecule has 2 amide bonds. The van der Waals surface area contributed by atoms with E-state index < -0.39 is 0 Å². The van der Waals surface area contributed by atoms with E-state index in [-0.39, 0.29) is 11.8 Å². The van der Waals surface area contributed by atoms with Crippen molar-refractivity contribution in [1.29, 1.82) is 0 Å². The molecule has 3 nitrogen and oxygen atoms in total. The number of hydrogen-bond donors (Lipinski definition) is 0. The Labute approximate surface area is 85.8 Å². The van der Waals surface area contributed by atoms with E-state index in [1.807, 2.05) is 0 Å². The van der Waals surface area contributed by atoms with Gasteiger partial charge in [0, 0.05) is 19.9 Å². The number of hydrogen-bond acceptors (Lipinski definition) is 2. The maximum atomic E-state index is 11.5. The lowest BCUT2D eigenvalue weighted by Crippen LogP contribution is -2.35. The number of carbonyl (C=O) groups is 2. The zero-order valence-corrected chi connectivity index (χ0v) is 9.25. The highest BCUT2D eigenvalue weighted by Gasteiger charge is 2.15. The molecular weight excluding hydrogens is 178 g/mol. The molecular formula is C11H19NO2. The van der Waals surface area contributed by atoms with Crippen LogP contribution in [0.25, 0.3) is 0 Å². The van der Waals surface area contributed by atoms with Crippen LogP contribution in [0.15, 0.2) is 12.7 Å². The van der Waals surface area contributed by atoms with Crippen molar-refractivity contribution in [3.8, 4) is 0 Å². The van der Waals surface area contributed by atoms with Crippen molar-refractivity contribution in [2.75, 3.05) is 6.54 Å². The lowest BCUT2D eigenvalue weighted by Gasteiger charge is -2.17. The summed E-state index contributed by atoms with van der Waals surface area (Å²) in [7, 11) is 0. The van der Waals surface area contributed by atoms with Gasteiger partial charge < -0.3 is 0 Å². The lowest BCUT2D eigenvalue weighted by molar-refractivity contribution is -0.142. The number of amides is 2. The van der Waals surface area contributed by atoms with Crippen LogP contribution in [0, 0.1) is 5.92 Å². The normalized spacial score (nSPS) is 10.0. The molecule has 0 radical (unpaired) electrons. The van der Waals surface area contributed by atoms with Crippen LogP contribution in [0.4, 0.5) is 0 Å². The van der Waals surface area contributed by atoms with Crippen LogP contribution in [0.1, 0.15) is 33.6 Å². The molecule has 0 aliphatic carbocycles. The molecule has 0 aliphatic rings. The standard InChI is InChI=1S/C11H19NO2/c1-5-8-12(10(4)13)11(14)7-6-9(2)3/h5,9H,1,6-8H2,2-4H3. The largest absolute Gasteiger partial charge is 0.279 e. The Hall–Kier alpha value is -1.12. The van der Waals surface area contributed by atoms with Crippen molar-refractivity contribution in [3.05, 3.63) is 12.7 Å². The Morgan fingerprint density at radius 3 is 2.36 bits per heavy atom. The van der Waals surface area contributed by atoms with Crippen LogP contribution < -0.4 is 0 Å². The molecule has 0 rings (SSSR count).